The van der Waals surface area contributed by atoms with Gasteiger partial charge in [-0.2, -0.15) is 0 Å². The molecule has 1 aliphatic carbocycles. The third-order valence-electron chi connectivity index (χ3n) is 3.14. The molecule has 1 fully saturated rings. The van der Waals surface area contributed by atoms with Crippen LogP contribution in [-0.4, -0.2) is 23.7 Å². The molecule has 1 rings (SSSR count). The number of carboxylic acid groups (broad SMARTS) is 1. The summed E-state index contributed by atoms with van der Waals surface area (Å²) in [6.07, 6.45) is 6.44. The van der Waals surface area contributed by atoms with Crippen LogP contribution in [-0.2, 0) is 4.79 Å². The van der Waals surface area contributed by atoms with Crippen LogP contribution in [0.15, 0.2) is 0 Å². The molecule has 0 bridgehead atoms. The van der Waals surface area contributed by atoms with Crippen LogP contribution in [0.1, 0.15) is 45.4 Å². The third kappa shape index (κ3) is 4.09. The molecule has 0 spiro atoms. The van der Waals surface area contributed by atoms with Gasteiger partial charge in [0, 0.05) is 12.5 Å². The van der Waals surface area contributed by atoms with Gasteiger partial charge in [0.1, 0.15) is 0 Å². The number of carbonyl (C=O) groups is 1. The number of hydrogen-bond acceptors (Lipinski definition) is 2. The Morgan fingerprint density at radius 3 is 2.71 bits per heavy atom. The van der Waals surface area contributed by atoms with Crippen LogP contribution < -0.4 is 5.32 Å². The van der Waals surface area contributed by atoms with Gasteiger partial charge in [0.2, 0.25) is 0 Å². The molecule has 2 N–H and O–H groups in total. The Hall–Kier alpha value is -0.570. The molecule has 1 saturated carbocycles. The highest BCUT2D eigenvalue weighted by Gasteiger charge is 2.20. The summed E-state index contributed by atoms with van der Waals surface area (Å²) in [4.78, 5) is 10.3. The van der Waals surface area contributed by atoms with Gasteiger partial charge in [-0.1, -0.05) is 12.8 Å². The molecule has 0 aromatic heterocycles. The van der Waals surface area contributed by atoms with Crippen molar-refractivity contribution in [1.82, 2.24) is 5.32 Å². The predicted octanol–water partition coefficient (Wildman–Crippen LogP) is 2.02. The van der Waals surface area contributed by atoms with E-state index in [-0.39, 0.29) is 6.42 Å². The van der Waals surface area contributed by atoms with Crippen LogP contribution in [0.4, 0.5) is 0 Å². The Balaban J connectivity index is 2.02. The van der Waals surface area contributed by atoms with Crippen LogP contribution in [0.5, 0.6) is 0 Å². The summed E-state index contributed by atoms with van der Waals surface area (Å²) < 4.78 is 0. The molecular weight excluding hydrogens is 178 g/mol. The Morgan fingerprint density at radius 1 is 1.50 bits per heavy atom. The Bertz CT molecular complexity index is 176. The fourth-order valence-electron chi connectivity index (χ4n) is 2.19. The average Bonchev–Trinajstić information content (AvgIpc) is 2.64. The maximum atomic E-state index is 10.3. The molecule has 82 valence electrons. The Morgan fingerprint density at radius 2 is 2.14 bits per heavy atom. The van der Waals surface area contributed by atoms with Crippen molar-refractivity contribution < 1.29 is 9.90 Å². The standard InChI is InChI=1S/C11H21NO2/c1-9(10-5-2-3-6-10)12-8-4-7-11(13)14/h9-10,12H,2-8H2,1H3,(H,13,14)/t9-/m1/s1. The van der Waals surface area contributed by atoms with Gasteiger partial charge in [-0.15, -0.1) is 0 Å². The van der Waals surface area contributed by atoms with Gasteiger partial charge in [-0.25, -0.2) is 0 Å². The summed E-state index contributed by atoms with van der Waals surface area (Å²) in [6, 6.07) is 0.561. The van der Waals surface area contributed by atoms with Crippen LogP contribution in [0.25, 0.3) is 0 Å². The van der Waals surface area contributed by atoms with Crippen molar-refractivity contribution in [3.8, 4) is 0 Å². The number of carboxylic acids is 1. The van der Waals surface area contributed by atoms with E-state index in [9.17, 15) is 4.79 Å². The molecule has 0 radical (unpaired) electrons. The van der Waals surface area contributed by atoms with E-state index in [4.69, 9.17) is 5.11 Å². The lowest BCUT2D eigenvalue weighted by atomic mass is 10.00. The second-order valence-electron chi connectivity index (χ2n) is 4.28. The third-order valence-corrected chi connectivity index (χ3v) is 3.14. The molecule has 0 aliphatic heterocycles. The molecule has 0 saturated heterocycles. The highest BCUT2D eigenvalue weighted by molar-refractivity contribution is 5.66. The maximum absolute atomic E-state index is 10.3. The minimum atomic E-state index is -0.694. The summed E-state index contributed by atoms with van der Waals surface area (Å²) in [5.74, 6) is 0.125. The second kappa shape index (κ2) is 6.02. The smallest absolute Gasteiger partial charge is 0.303 e. The fraction of sp³-hybridized carbons (Fsp3) is 0.909. The second-order valence-corrected chi connectivity index (χ2v) is 4.28. The summed E-state index contributed by atoms with van der Waals surface area (Å²) in [5, 5.41) is 11.9. The molecule has 0 unspecified atom stereocenters. The van der Waals surface area contributed by atoms with E-state index >= 15 is 0 Å². The molecule has 1 aliphatic rings. The Labute approximate surface area is 85.9 Å². The monoisotopic (exact) mass is 199 g/mol. The molecule has 0 aromatic carbocycles. The lowest BCUT2D eigenvalue weighted by Gasteiger charge is -2.20. The summed E-state index contributed by atoms with van der Waals surface area (Å²) >= 11 is 0. The molecule has 3 nitrogen and oxygen atoms in total. The zero-order valence-electron chi connectivity index (χ0n) is 8.96. The minimum Gasteiger partial charge on any atom is -0.481 e. The molecule has 0 aromatic rings. The van der Waals surface area contributed by atoms with Crippen molar-refractivity contribution >= 4 is 5.97 Å². The summed E-state index contributed by atoms with van der Waals surface area (Å²) in [5.41, 5.74) is 0. The van der Waals surface area contributed by atoms with Crippen molar-refractivity contribution in [2.45, 2.75) is 51.5 Å². The maximum Gasteiger partial charge on any atom is 0.303 e. The first-order chi connectivity index (χ1) is 6.70. The first-order valence-electron chi connectivity index (χ1n) is 5.65. The highest BCUT2D eigenvalue weighted by Crippen LogP contribution is 2.27. The zero-order chi connectivity index (χ0) is 10.4. The highest BCUT2D eigenvalue weighted by atomic mass is 16.4. The van der Waals surface area contributed by atoms with Crippen LogP contribution >= 0.6 is 0 Å². The number of rotatable bonds is 6. The SMILES string of the molecule is C[C@@H](NCCCC(=O)O)C1CCCC1. The number of hydrogen-bond donors (Lipinski definition) is 2. The van der Waals surface area contributed by atoms with Gasteiger partial charge in [0.05, 0.1) is 0 Å². The molecule has 1 atom stereocenters. The van der Waals surface area contributed by atoms with Crippen molar-refractivity contribution in [2.24, 2.45) is 5.92 Å². The zero-order valence-corrected chi connectivity index (χ0v) is 8.96. The van der Waals surface area contributed by atoms with E-state index < -0.39 is 5.97 Å². The molecule has 3 heteroatoms. The van der Waals surface area contributed by atoms with E-state index in [1.165, 1.54) is 25.7 Å². The topological polar surface area (TPSA) is 49.3 Å². The van der Waals surface area contributed by atoms with E-state index in [2.05, 4.69) is 12.2 Å². The van der Waals surface area contributed by atoms with Gasteiger partial charge in [-0.3, -0.25) is 4.79 Å². The normalized spacial score (nSPS) is 19.8. The number of nitrogens with one attached hydrogen (secondary N) is 1. The number of aliphatic carboxylic acids is 1. The van der Waals surface area contributed by atoms with Crippen molar-refractivity contribution in [3.05, 3.63) is 0 Å². The average molecular weight is 199 g/mol. The minimum absolute atomic E-state index is 0.282. The quantitative estimate of drug-likeness (QED) is 0.643. The van der Waals surface area contributed by atoms with Gasteiger partial charge in [0.15, 0.2) is 0 Å². The van der Waals surface area contributed by atoms with E-state index in [1.54, 1.807) is 0 Å². The van der Waals surface area contributed by atoms with Gasteiger partial charge >= 0.3 is 5.97 Å². The van der Waals surface area contributed by atoms with E-state index in [0.717, 1.165) is 18.9 Å². The van der Waals surface area contributed by atoms with E-state index in [0.29, 0.717) is 6.04 Å². The predicted molar refractivity (Wildman–Crippen MR) is 56.3 cm³/mol. The van der Waals surface area contributed by atoms with Gasteiger partial charge in [0.25, 0.3) is 0 Å². The Kier molecular flexibility index (Phi) is 4.94. The molecule has 0 amide bonds. The van der Waals surface area contributed by atoms with Crippen LogP contribution in [0.2, 0.25) is 0 Å². The van der Waals surface area contributed by atoms with E-state index in [1.807, 2.05) is 0 Å². The van der Waals surface area contributed by atoms with Gasteiger partial charge in [-0.05, 0) is 38.6 Å². The van der Waals surface area contributed by atoms with Crippen LogP contribution in [0.3, 0.4) is 0 Å². The summed E-state index contributed by atoms with van der Waals surface area (Å²) in [6.45, 7) is 3.06. The molecule has 14 heavy (non-hydrogen) atoms. The van der Waals surface area contributed by atoms with Crippen molar-refractivity contribution in [3.63, 3.8) is 0 Å². The first-order valence-corrected chi connectivity index (χ1v) is 5.65. The van der Waals surface area contributed by atoms with Crippen molar-refractivity contribution in [1.29, 1.82) is 0 Å². The summed E-state index contributed by atoms with van der Waals surface area (Å²) in [7, 11) is 0. The van der Waals surface area contributed by atoms with Crippen LogP contribution in [0, 0.1) is 5.92 Å². The first kappa shape index (κ1) is 11.5. The fourth-order valence-corrected chi connectivity index (χ4v) is 2.19. The van der Waals surface area contributed by atoms with Gasteiger partial charge < -0.3 is 10.4 Å². The largest absolute Gasteiger partial charge is 0.481 e. The lowest BCUT2D eigenvalue weighted by molar-refractivity contribution is -0.137. The molecular formula is C11H21NO2. The lowest BCUT2D eigenvalue weighted by Crippen LogP contribution is -2.33. The van der Waals surface area contributed by atoms with Crippen molar-refractivity contribution in [2.75, 3.05) is 6.54 Å². The molecule has 0 heterocycles.